The van der Waals surface area contributed by atoms with Gasteiger partial charge in [-0.3, -0.25) is 0 Å². The van der Waals surface area contributed by atoms with Crippen LogP contribution in [0.1, 0.15) is 29.1 Å². The summed E-state index contributed by atoms with van der Waals surface area (Å²) in [4.78, 5) is 5.14. The van der Waals surface area contributed by atoms with E-state index in [0.29, 0.717) is 12.1 Å². The standard InChI is InChI=1S/C16H24N2S2/c1-13(8-9-18(2)3)17-15(16-7-5-11-20-16)12-14-6-4-10-19-14/h4-7,10-11,13,15,17H,8-9,12H2,1-3H3. The molecule has 0 aliphatic heterocycles. The molecule has 110 valence electrons. The Kier molecular flexibility index (Phi) is 6.23. The molecule has 1 N–H and O–H groups in total. The van der Waals surface area contributed by atoms with Gasteiger partial charge in [0.1, 0.15) is 0 Å². The maximum Gasteiger partial charge on any atom is 0.0465 e. The van der Waals surface area contributed by atoms with Gasteiger partial charge in [0.2, 0.25) is 0 Å². The molecule has 2 aromatic rings. The van der Waals surface area contributed by atoms with Gasteiger partial charge in [-0.15, -0.1) is 22.7 Å². The van der Waals surface area contributed by atoms with E-state index in [0.717, 1.165) is 13.0 Å². The second-order valence-corrected chi connectivity index (χ2v) is 7.52. The molecule has 0 saturated heterocycles. The summed E-state index contributed by atoms with van der Waals surface area (Å²) in [5.41, 5.74) is 0. The number of nitrogens with zero attached hydrogens (tertiary/aromatic N) is 1. The third kappa shape index (κ3) is 5.02. The van der Waals surface area contributed by atoms with Crippen LogP contribution in [0.25, 0.3) is 0 Å². The van der Waals surface area contributed by atoms with Crippen LogP contribution in [-0.2, 0) is 6.42 Å². The predicted molar refractivity (Wildman–Crippen MR) is 90.9 cm³/mol. The lowest BCUT2D eigenvalue weighted by Crippen LogP contribution is -2.33. The number of hydrogen-bond donors (Lipinski definition) is 1. The van der Waals surface area contributed by atoms with E-state index in [2.05, 4.69) is 66.3 Å². The van der Waals surface area contributed by atoms with Gasteiger partial charge in [0.15, 0.2) is 0 Å². The fraction of sp³-hybridized carbons (Fsp3) is 0.500. The molecule has 0 spiro atoms. The molecule has 2 nitrogen and oxygen atoms in total. The van der Waals surface area contributed by atoms with Crippen molar-refractivity contribution in [3.05, 3.63) is 44.8 Å². The van der Waals surface area contributed by atoms with Gasteiger partial charge < -0.3 is 10.2 Å². The van der Waals surface area contributed by atoms with Crippen LogP contribution in [0.2, 0.25) is 0 Å². The zero-order chi connectivity index (χ0) is 14.4. The van der Waals surface area contributed by atoms with Crippen LogP contribution in [0.3, 0.4) is 0 Å². The van der Waals surface area contributed by atoms with E-state index in [9.17, 15) is 0 Å². The summed E-state index contributed by atoms with van der Waals surface area (Å²) in [5.74, 6) is 0. The van der Waals surface area contributed by atoms with E-state index >= 15 is 0 Å². The minimum atomic E-state index is 0.436. The monoisotopic (exact) mass is 308 g/mol. The van der Waals surface area contributed by atoms with Gasteiger partial charge in [-0.25, -0.2) is 0 Å². The fourth-order valence-corrected chi connectivity index (χ4v) is 3.78. The Morgan fingerprint density at radius 1 is 1.15 bits per heavy atom. The smallest absolute Gasteiger partial charge is 0.0465 e. The molecule has 2 heterocycles. The topological polar surface area (TPSA) is 15.3 Å². The maximum atomic E-state index is 3.80. The summed E-state index contributed by atoms with van der Waals surface area (Å²) in [5, 5.41) is 8.14. The largest absolute Gasteiger partial charge is 0.309 e. The number of rotatable bonds is 8. The lowest BCUT2D eigenvalue weighted by molar-refractivity contribution is 0.350. The van der Waals surface area contributed by atoms with Crippen molar-refractivity contribution in [1.82, 2.24) is 10.2 Å². The average molecular weight is 309 g/mol. The summed E-state index contributed by atoms with van der Waals surface area (Å²) >= 11 is 3.70. The van der Waals surface area contributed by atoms with Crippen LogP contribution in [-0.4, -0.2) is 31.6 Å². The predicted octanol–water partition coefficient (Wildman–Crippen LogP) is 4.02. The SMILES string of the molecule is CC(CCN(C)C)NC(Cc1cccs1)c1cccs1. The minimum Gasteiger partial charge on any atom is -0.309 e. The van der Waals surface area contributed by atoms with E-state index in [1.54, 1.807) is 0 Å². The summed E-state index contributed by atoms with van der Waals surface area (Å²) < 4.78 is 0. The molecule has 0 amide bonds. The van der Waals surface area contributed by atoms with E-state index in [-0.39, 0.29) is 0 Å². The summed E-state index contributed by atoms with van der Waals surface area (Å²) in [7, 11) is 4.27. The maximum absolute atomic E-state index is 3.80. The molecule has 20 heavy (non-hydrogen) atoms. The average Bonchev–Trinajstić information content (AvgIpc) is 3.08. The highest BCUT2D eigenvalue weighted by atomic mass is 32.1. The third-order valence-electron chi connectivity index (χ3n) is 3.37. The van der Waals surface area contributed by atoms with Crippen LogP contribution in [0.15, 0.2) is 35.0 Å². The molecule has 0 bridgehead atoms. The van der Waals surface area contributed by atoms with Gasteiger partial charge in [-0.1, -0.05) is 12.1 Å². The molecule has 2 unspecified atom stereocenters. The van der Waals surface area contributed by atoms with Gasteiger partial charge in [-0.2, -0.15) is 0 Å². The lowest BCUT2D eigenvalue weighted by Gasteiger charge is -2.23. The van der Waals surface area contributed by atoms with Gasteiger partial charge in [0.25, 0.3) is 0 Å². The summed E-state index contributed by atoms with van der Waals surface area (Å²) in [6, 6.07) is 9.73. The number of hydrogen-bond acceptors (Lipinski definition) is 4. The third-order valence-corrected chi connectivity index (χ3v) is 5.25. The zero-order valence-electron chi connectivity index (χ0n) is 12.5. The van der Waals surface area contributed by atoms with Gasteiger partial charge in [0.05, 0.1) is 0 Å². The van der Waals surface area contributed by atoms with E-state index in [4.69, 9.17) is 0 Å². The Hall–Kier alpha value is -0.680. The molecular weight excluding hydrogens is 284 g/mol. The first-order valence-electron chi connectivity index (χ1n) is 7.11. The van der Waals surface area contributed by atoms with Crippen molar-refractivity contribution in [2.75, 3.05) is 20.6 Å². The fourth-order valence-electron chi connectivity index (χ4n) is 2.24. The lowest BCUT2D eigenvalue weighted by atomic mass is 10.1. The van der Waals surface area contributed by atoms with Crippen LogP contribution in [0, 0.1) is 0 Å². The van der Waals surface area contributed by atoms with Gasteiger partial charge in [-0.05, 0) is 56.9 Å². The molecule has 0 aliphatic rings. The van der Waals surface area contributed by atoms with Crippen molar-refractivity contribution < 1.29 is 0 Å². The van der Waals surface area contributed by atoms with Crippen molar-refractivity contribution in [3.63, 3.8) is 0 Å². The molecule has 0 radical (unpaired) electrons. The Bertz CT molecular complexity index is 463. The second-order valence-electron chi connectivity index (χ2n) is 5.51. The molecule has 2 atom stereocenters. The summed E-state index contributed by atoms with van der Waals surface area (Å²) in [6.07, 6.45) is 2.27. The first-order valence-corrected chi connectivity index (χ1v) is 8.87. The highest BCUT2D eigenvalue weighted by Gasteiger charge is 2.16. The molecule has 0 aliphatic carbocycles. The quantitative estimate of drug-likeness (QED) is 0.792. The van der Waals surface area contributed by atoms with Crippen LogP contribution in [0.4, 0.5) is 0 Å². The highest BCUT2D eigenvalue weighted by Crippen LogP contribution is 2.25. The Morgan fingerprint density at radius 3 is 2.50 bits per heavy atom. The molecular formula is C16H24N2S2. The Labute approximate surface area is 130 Å². The zero-order valence-corrected chi connectivity index (χ0v) is 14.1. The van der Waals surface area contributed by atoms with Crippen molar-refractivity contribution in [2.24, 2.45) is 0 Å². The van der Waals surface area contributed by atoms with Crippen molar-refractivity contribution in [3.8, 4) is 0 Å². The molecule has 0 fully saturated rings. The van der Waals surface area contributed by atoms with E-state index in [1.165, 1.54) is 16.2 Å². The molecule has 2 aromatic heterocycles. The molecule has 2 rings (SSSR count). The van der Waals surface area contributed by atoms with E-state index < -0.39 is 0 Å². The van der Waals surface area contributed by atoms with Crippen LogP contribution >= 0.6 is 22.7 Å². The van der Waals surface area contributed by atoms with Crippen molar-refractivity contribution >= 4 is 22.7 Å². The number of nitrogens with one attached hydrogen (secondary N) is 1. The van der Waals surface area contributed by atoms with Crippen molar-refractivity contribution in [1.29, 1.82) is 0 Å². The first kappa shape index (κ1) is 15.7. The Morgan fingerprint density at radius 2 is 1.90 bits per heavy atom. The van der Waals surface area contributed by atoms with Gasteiger partial charge >= 0.3 is 0 Å². The van der Waals surface area contributed by atoms with Crippen molar-refractivity contribution in [2.45, 2.75) is 31.8 Å². The normalized spacial score (nSPS) is 14.6. The Balaban J connectivity index is 1.96. The van der Waals surface area contributed by atoms with Crippen LogP contribution < -0.4 is 5.32 Å². The second kappa shape index (κ2) is 7.93. The molecule has 4 heteroatoms. The summed E-state index contributed by atoms with van der Waals surface area (Å²) in [6.45, 7) is 3.42. The van der Waals surface area contributed by atoms with Gasteiger partial charge in [0, 0.05) is 28.3 Å². The number of thiophene rings is 2. The van der Waals surface area contributed by atoms with E-state index in [1.807, 2.05) is 22.7 Å². The van der Waals surface area contributed by atoms with Crippen LogP contribution in [0.5, 0.6) is 0 Å². The highest BCUT2D eigenvalue weighted by molar-refractivity contribution is 7.10. The first-order chi connectivity index (χ1) is 9.65. The minimum absolute atomic E-state index is 0.436. The molecule has 0 aromatic carbocycles. The molecule has 0 saturated carbocycles.